The van der Waals surface area contributed by atoms with Gasteiger partial charge in [0.15, 0.2) is 0 Å². The van der Waals surface area contributed by atoms with E-state index in [0.717, 1.165) is 12.8 Å². The minimum absolute atomic E-state index is 0.291. The molecule has 0 amide bonds. The Balaban J connectivity index is 4.15. The molecular formula is C16H30O4. The minimum atomic E-state index is -0.834. The fourth-order valence-electron chi connectivity index (χ4n) is 2.08. The SMILES string of the molecule is CCCCCCCC(O)C(C)C(O)C=C(C)C(=O)OC. The van der Waals surface area contributed by atoms with Crippen molar-refractivity contribution in [3.63, 3.8) is 0 Å². The van der Waals surface area contributed by atoms with Gasteiger partial charge in [-0.15, -0.1) is 0 Å². The van der Waals surface area contributed by atoms with Gasteiger partial charge in [-0.1, -0.05) is 46.0 Å². The first-order valence-electron chi connectivity index (χ1n) is 7.56. The van der Waals surface area contributed by atoms with Crippen molar-refractivity contribution in [1.29, 1.82) is 0 Å². The largest absolute Gasteiger partial charge is 0.466 e. The van der Waals surface area contributed by atoms with E-state index < -0.39 is 18.2 Å². The van der Waals surface area contributed by atoms with E-state index in [1.54, 1.807) is 13.8 Å². The molecule has 0 bridgehead atoms. The van der Waals surface area contributed by atoms with Crippen molar-refractivity contribution < 1.29 is 19.7 Å². The number of aliphatic hydroxyl groups is 2. The second kappa shape index (κ2) is 10.9. The summed E-state index contributed by atoms with van der Waals surface area (Å²) in [7, 11) is 1.31. The normalized spacial score (nSPS) is 16.6. The topological polar surface area (TPSA) is 66.8 Å². The fourth-order valence-corrected chi connectivity index (χ4v) is 2.08. The molecule has 0 rings (SSSR count). The van der Waals surface area contributed by atoms with Gasteiger partial charge in [-0.2, -0.15) is 0 Å². The number of methoxy groups -OCH3 is 1. The van der Waals surface area contributed by atoms with Gasteiger partial charge in [0.1, 0.15) is 0 Å². The fraction of sp³-hybridized carbons (Fsp3) is 0.812. The Labute approximate surface area is 122 Å². The van der Waals surface area contributed by atoms with Gasteiger partial charge in [-0.25, -0.2) is 4.79 Å². The highest BCUT2D eigenvalue weighted by atomic mass is 16.5. The van der Waals surface area contributed by atoms with Crippen LogP contribution in [0.5, 0.6) is 0 Å². The zero-order chi connectivity index (χ0) is 15.5. The maximum Gasteiger partial charge on any atom is 0.333 e. The van der Waals surface area contributed by atoms with Crippen LogP contribution in [-0.2, 0) is 9.53 Å². The Morgan fingerprint density at radius 1 is 1.20 bits per heavy atom. The summed E-state index contributed by atoms with van der Waals surface area (Å²) in [6.45, 7) is 5.56. The number of hydrogen-bond donors (Lipinski definition) is 2. The van der Waals surface area contributed by atoms with Gasteiger partial charge in [-0.3, -0.25) is 0 Å². The van der Waals surface area contributed by atoms with Crippen LogP contribution >= 0.6 is 0 Å². The van der Waals surface area contributed by atoms with Crippen LogP contribution in [0.25, 0.3) is 0 Å². The van der Waals surface area contributed by atoms with Crippen molar-refractivity contribution in [2.24, 2.45) is 5.92 Å². The van der Waals surface area contributed by atoms with E-state index in [1.165, 1.54) is 32.4 Å². The lowest BCUT2D eigenvalue weighted by atomic mass is 9.92. The maximum atomic E-state index is 11.2. The van der Waals surface area contributed by atoms with E-state index in [9.17, 15) is 15.0 Å². The highest BCUT2D eigenvalue weighted by molar-refractivity contribution is 5.87. The molecule has 4 heteroatoms. The lowest BCUT2D eigenvalue weighted by molar-refractivity contribution is -0.136. The van der Waals surface area contributed by atoms with Crippen LogP contribution in [0.1, 0.15) is 59.3 Å². The van der Waals surface area contributed by atoms with Crippen LogP contribution in [0.2, 0.25) is 0 Å². The smallest absolute Gasteiger partial charge is 0.333 e. The third kappa shape index (κ3) is 7.65. The Kier molecular flexibility index (Phi) is 10.4. The number of unbranched alkanes of at least 4 members (excludes halogenated alkanes) is 4. The van der Waals surface area contributed by atoms with Crippen LogP contribution in [-0.4, -0.2) is 35.5 Å². The summed E-state index contributed by atoms with van der Waals surface area (Å²) < 4.78 is 4.57. The standard InChI is InChI=1S/C16H30O4/c1-5-6-7-8-9-10-14(17)13(3)15(18)11-12(2)16(19)20-4/h11,13-15,17-18H,5-10H2,1-4H3. The molecular weight excluding hydrogens is 256 g/mol. The molecule has 0 aromatic rings. The molecule has 0 spiro atoms. The van der Waals surface area contributed by atoms with E-state index >= 15 is 0 Å². The quantitative estimate of drug-likeness (QED) is 0.368. The van der Waals surface area contributed by atoms with E-state index in [2.05, 4.69) is 11.7 Å². The maximum absolute atomic E-state index is 11.2. The number of hydrogen-bond acceptors (Lipinski definition) is 4. The molecule has 0 aliphatic carbocycles. The Morgan fingerprint density at radius 2 is 1.80 bits per heavy atom. The lowest BCUT2D eigenvalue weighted by Crippen LogP contribution is -2.28. The van der Waals surface area contributed by atoms with Gasteiger partial charge in [0, 0.05) is 11.5 Å². The number of rotatable bonds is 10. The van der Waals surface area contributed by atoms with Crippen LogP contribution in [0, 0.1) is 5.92 Å². The van der Waals surface area contributed by atoms with Crippen molar-refractivity contribution in [1.82, 2.24) is 0 Å². The van der Waals surface area contributed by atoms with E-state index in [4.69, 9.17) is 0 Å². The Bertz CT molecular complexity index is 299. The summed E-state index contributed by atoms with van der Waals surface area (Å²) in [5, 5.41) is 20.0. The van der Waals surface area contributed by atoms with Crippen LogP contribution in [0.3, 0.4) is 0 Å². The number of carbonyl (C=O) groups is 1. The summed E-state index contributed by atoms with van der Waals surface area (Å²) in [5.74, 6) is -0.744. The average Bonchev–Trinajstić information content (AvgIpc) is 2.44. The molecule has 2 N–H and O–H groups in total. The Morgan fingerprint density at radius 3 is 2.35 bits per heavy atom. The van der Waals surface area contributed by atoms with Gasteiger partial charge in [-0.05, 0) is 19.4 Å². The number of carbonyl (C=O) groups excluding carboxylic acids is 1. The molecule has 4 nitrogen and oxygen atoms in total. The molecule has 3 atom stereocenters. The summed E-state index contributed by atoms with van der Waals surface area (Å²) >= 11 is 0. The first kappa shape index (κ1) is 19.1. The highest BCUT2D eigenvalue weighted by Gasteiger charge is 2.21. The van der Waals surface area contributed by atoms with Gasteiger partial charge >= 0.3 is 5.97 Å². The molecule has 0 saturated heterocycles. The van der Waals surface area contributed by atoms with Crippen molar-refractivity contribution in [2.45, 2.75) is 71.5 Å². The van der Waals surface area contributed by atoms with E-state index in [1.807, 2.05) is 0 Å². The third-order valence-corrected chi connectivity index (χ3v) is 3.68. The molecule has 20 heavy (non-hydrogen) atoms. The molecule has 0 fully saturated rings. The molecule has 0 heterocycles. The predicted molar refractivity (Wildman–Crippen MR) is 80.3 cm³/mol. The van der Waals surface area contributed by atoms with Crippen molar-refractivity contribution in [2.75, 3.05) is 7.11 Å². The van der Waals surface area contributed by atoms with Gasteiger partial charge < -0.3 is 14.9 Å². The molecule has 118 valence electrons. The first-order valence-corrected chi connectivity index (χ1v) is 7.56. The van der Waals surface area contributed by atoms with Crippen LogP contribution in [0.15, 0.2) is 11.6 Å². The molecule has 0 aliphatic heterocycles. The predicted octanol–water partition coefficient (Wildman–Crippen LogP) is 2.82. The molecule has 0 radical (unpaired) electrons. The van der Waals surface area contributed by atoms with Crippen molar-refractivity contribution >= 4 is 5.97 Å². The van der Waals surface area contributed by atoms with Crippen LogP contribution < -0.4 is 0 Å². The second-order valence-electron chi connectivity index (χ2n) is 5.46. The summed E-state index contributed by atoms with van der Waals surface area (Å²) in [4.78, 5) is 11.2. The summed E-state index contributed by atoms with van der Waals surface area (Å²) in [6, 6.07) is 0. The summed E-state index contributed by atoms with van der Waals surface area (Å²) in [6.07, 6.45) is 6.48. The average molecular weight is 286 g/mol. The molecule has 0 saturated carbocycles. The van der Waals surface area contributed by atoms with Gasteiger partial charge in [0.05, 0.1) is 19.3 Å². The van der Waals surface area contributed by atoms with E-state index in [0.29, 0.717) is 12.0 Å². The molecule has 0 aromatic heterocycles. The number of esters is 1. The molecule has 3 unspecified atom stereocenters. The third-order valence-electron chi connectivity index (χ3n) is 3.68. The van der Waals surface area contributed by atoms with Gasteiger partial charge in [0.25, 0.3) is 0 Å². The molecule has 0 aliphatic rings. The monoisotopic (exact) mass is 286 g/mol. The van der Waals surface area contributed by atoms with Crippen molar-refractivity contribution in [3.05, 3.63) is 11.6 Å². The minimum Gasteiger partial charge on any atom is -0.466 e. The zero-order valence-electron chi connectivity index (χ0n) is 13.3. The number of ether oxygens (including phenoxy) is 1. The summed E-state index contributed by atoms with van der Waals surface area (Å²) in [5.41, 5.74) is 0.363. The van der Waals surface area contributed by atoms with Crippen LogP contribution in [0.4, 0.5) is 0 Å². The number of aliphatic hydroxyl groups excluding tert-OH is 2. The Hall–Kier alpha value is -0.870. The van der Waals surface area contributed by atoms with E-state index in [-0.39, 0.29) is 5.92 Å². The molecule has 0 aromatic carbocycles. The highest BCUT2D eigenvalue weighted by Crippen LogP contribution is 2.18. The lowest BCUT2D eigenvalue weighted by Gasteiger charge is -2.22. The first-order chi connectivity index (χ1) is 9.43. The zero-order valence-corrected chi connectivity index (χ0v) is 13.3. The van der Waals surface area contributed by atoms with Crippen molar-refractivity contribution in [3.8, 4) is 0 Å². The van der Waals surface area contributed by atoms with Gasteiger partial charge in [0.2, 0.25) is 0 Å². The second-order valence-corrected chi connectivity index (χ2v) is 5.46.